The van der Waals surface area contributed by atoms with E-state index in [0.29, 0.717) is 26.1 Å². The number of rotatable bonds is 8. The van der Waals surface area contributed by atoms with Gasteiger partial charge in [-0.15, -0.1) is 0 Å². The highest BCUT2D eigenvalue weighted by atomic mass is 32.2. The molecule has 6 nitrogen and oxygen atoms in total. The van der Waals surface area contributed by atoms with E-state index >= 15 is 0 Å². The van der Waals surface area contributed by atoms with Crippen molar-refractivity contribution in [3.63, 3.8) is 0 Å². The van der Waals surface area contributed by atoms with Crippen LogP contribution in [0.4, 0.5) is 13.2 Å². The average molecular weight is 550 g/mol. The van der Waals surface area contributed by atoms with Crippen LogP contribution in [0.25, 0.3) is 5.57 Å². The summed E-state index contributed by atoms with van der Waals surface area (Å²) in [4.78, 5) is 14.6. The molecular weight excluding hydrogens is 519 g/mol. The van der Waals surface area contributed by atoms with Crippen LogP contribution >= 0.6 is 0 Å². The van der Waals surface area contributed by atoms with E-state index < -0.39 is 28.0 Å². The van der Waals surface area contributed by atoms with Gasteiger partial charge in [0.15, 0.2) is 15.9 Å². The Hall–Kier alpha value is -3.27. The van der Waals surface area contributed by atoms with Gasteiger partial charge in [0.05, 0.1) is 22.8 Å². The van der Waals surface area contributed by atoms with Gasteiger partial charge in [-0.1, -0.05) is 36.4 Å². The standard InChI is InChI=1S/C28H30F3NO5S/c1-19(28(29,30)31)37-26-13-12-24(38(2,34)35)16-25(26)27(33)32-15-14-20(17-32)18-36-23-10-8-22(9-11-23)21-6-4-3-5-7-21/h3-8,10,12-13,16,19-20H,9,11,14-15,17-18H2,1-2H3. The maximum atomic E-state index is 13.3. The number of nitrogens with zero attached hydrogens (tertiary/aromatic N) is 1. The van der Waals surface area contributed by atoms with E-state index in [4.69, 9.17) is 9.47 Å². The zero-order chi connectivity index (χ0) is 27.5. The zero-order valence-corrected chi connectivity index (χ0v) is 22.0. The molecule has 204 valence electrons. The first-order valence-corrected chi connectivity index (χ1v) is 14.3. The summed E-state index contributed by atoms with van der Waals surface area (Å²) in [7, 11) is -3.69. The van der Waals surface area contributed by atoms with Crippen LogP contribution in [0.2, 0.25) is 0 Å². The van der Waals surface area contributed by atoms with Crippen LogP contribution in [0.15, 0.2) is 71.3 Å². The minimum absolute atomic E-state index is 0.0379. The number of carbonyl (C=O) groups excluding carboxylic acids is 1. The van der Waals surface area contributed by atoms with E-state index in [9.17, 15) is 26.4 Å². The maximum absolute atomic E-state index is 13.3. The molecule has 0 bridgehead atoms. The van der Waals surface area contributed by atoms with Gasteiger partial charge in [-0.3, -0.25) is 4.79 Å². The first-order valence-electron chi connectivity index (χ1n) is 12.4. The molecule has 1 aliphatic heterocycles. The second kappa shape index (κ2) is 11.2. The topological polar surface area (TPSA) is 72.9 Å². The molecule has 2 atom stereocenters. The lowest BCUT2D eigenvalue weighted by molar-refractivity contribution is -0.189. The second-order valence-corrected chi connectivity index (χ2v) is 11.7. The predicted molar refractivity (Wildman–Crippen MR) is 137 cm³/mol. The van der Waals surface area contributed by atoms with Gasteiger partial charge >= 0.3 is 6.18 Å². The van der Waals surface area contributed by atoms with Crippen molar-refractivity contribution in [2.24, 2.45) is 5.92 Å². The Morgan fingerprint density at radius 2 is 1.84 bits per heavy atom. The van der Waals surface area contributed by atoms with E-state index in [-0.39, 0.29) is 22.1 Å². The fourth-order valence-corrected chi connectivity index (χ4v) is 5.09. The number of sulfone groups is 1. The van der Waals surface area contributed by atoms with Crippen molar-refractivity contribution in [1.82, 2.24) is 4.90 Å². The van der Waals surface area contributed by atoms with Crippen molar-refractivity contribution in [3.05, 3.63) is 77.6 Å². The van der Waals surface area contributed by atoms with Crippen molar-refractivity contribution in [2.75, 3.05) is 26.0 Å². The molecule has 1 amide bonds. The highest BCUT2D eigenvalue weighted by Gasteiger charge is 2.39. The molecule has 10 heteroatoms. The Balaban J connectivity index is 1.42. The largest absolute Gasteiger partial charge is 0.498 e. The lowest BCUT2D eigenvalue weighted by atomic mass is 9.97. The van der Waals surface area contributed by atoms with E-state index in [1.807, 2.05) is 24.3 Å². The summed E-state index contributed by atoms with van der Waals surface area (Å²) in [5.74, 6) is 0.0260. The molecule has 0 aromatic heterocycles. The summed E-state index contributed by atoms with van der Waals surface area (Å²) >= 11 is 0. The Bertz CT molecular complexity index is 1340. The molecule has 2 aromatic rings. The molecule has 1 saturated heterocycles. The zero-order valence-electron chi connectivity index (χ0n) is 21.2. The molecule has 0 radical (unpaired) electrons. The molecular formula is C28H30F3NO5S. The number of alkyl halides is 3. The lowest BCUT2D eigenvalue weighted by Gasteiger charge is -2.23. The number of halogens is 3. The smallest absolute Gasteiger partial charge is 0.425 e. The normalized spacial score (nSPS) is 19.0. The van der Waals surface area contributed by atoms with Crippen LogP contribution in [0, 0.1) is 5.92 Å². The molecule has 0 spiro atoms. The molecule has 2 aromatic carbocycles. The highest BCUT2D eigenvalue weighted by Crippen LogP contribution is 2.32. The fraction of sp³-hybridized carbons (Fsp3) is 0.393. The predicted octanol–water partition coefficient (Wildman–Crippen LogP) is 5.66. The Labute approximate surface area is 220 Å². The van der Waals surface area contributed by atoms with Crippen LogP contribution in [0.1, 0.15) is 42.1 Å². The maximum Gasteiger partial charge on any atom is 0.425 e. The van der Waals surface area contributed by atoms with Gasteiger partial charge in [0, 0.05) is 31.7 Å². The number of allylic oxidation sites excluding steroid dienone is 4. The number of carbonyl (C=O) groups is 1. The number of hydrogen-bond acceptors (Lipinski definition) is 5. The van der Waals surface area contributed by atoms with E-state index in [1.165, 1.54) is 16.0 Å². The lowest BCUT2D eigenvalue weighted by Crippen LogP contribution is -2.33. The Kier molecular flexibility index (Phi) is 8.20. The summed E-state index contributed by atoms with van der Waals surface area (Å²) in [6, 6.07) is 13.5. The summed E-state index contributed by atoms with van der Waals surface area (Å²) in [6.07, 6.45) is 0.465. The summed E-state index contributed by atoms with van der Waals surface area (Å²) in [5.41, 5.74) is 2.21. The molecule has 1 heterocycles. The second-order valence-electron chi connectivity index (χ2n) is 9.64. The third kappa shape index (κ3) is 6.78. The minimum Gasteiger partial charge on any atom is -0.498 e. The van der Waals surface area contributed by atoms with Gasteiger partial charge in [-0.05, 0) is 55.2 Å². The quantitative estimate of drug-likeness (QED) is 0.425. The number of hydrogen-bond donors (Lipinski definition) is 0. The van der Waals surface area contributed by atoms with Crippen molar-refractivity contribution < 1.29 is 35.9 Å². The summed E-state index contributed by atoms with van der Waals surface area (Å²) in [6.45, 7) is 1.96. The molecule has 2 aliphatic rings. The van der Waals surface area contributed by atoms with E-state index in [0.717, 1.165) is 50.0 Å². The van der Waals surface area contributed by atoms with Crippen LogP contribution in [0.3, 0.4) is 0 Å². The number of benzene rings is 2. The molecule has 2 unspecified atom stereocenters. The third-order valence-corrected chi connectivity index (χ3v) is 7.82. The van der Waals surface area contributed by atoms with Gasteiger partial charge in [-0.25, -0.2) is 8.42 Å². The third-order valence-electron chi connectivity index (χ3n) is 6.71. The van der Waals surface area contributed by atoms with Crippen molar-refractivity contribution in [3.8, 4) is 5.75 Å². The minimum atomic E-state index is -4.64. The highest BCUT2D eigenvalue weighted by molar-refractivity contribution is 7.90. The van der Waals surface area contributed by atoms with Gasteiger partial charge in [0.25, 0.3) is 5.91 Å². The monoisotopic (exact) mass is 549 g/mol. The molecule has 0 N–H and O–H groups in total. The average Bonchev–Trinajstić information content (AvgIpc) is 3.36. The fourth-order valence-electron chi connectivity index (χ4n) is 4.45. The van der Waals surface area contributed by atoms with E-state index in [1.54, 1.807) is 0 Å². The van der Waals surface area contributed by atoms with Crippen LogP contribution in [-0.2, 0) is 14.6 Å². The SMILES string of the molecule is CC(Oc1ccc(S(C)(=O)=O)cc1C(=O)N1CCC(COC2=CC=C(c3ccccc3)CC2)C1)C(F)(F)F. The first kappa shape index (κ1) is 27.8. The molecule has 0 saturated carbocycles. The number of amides is 1. The molecule has 1 fully saturated rings. The number of likely N-dealkylation sites (tertiary alicyclic amines) is 1. The van der Waals surface area contributed by atoms with Crippen LogP contribution < -0.4 is 4.74 Å². The van der Waals surface area contributed by atoms with Crippen LogP contribution in [0.5, 0.6) is 5.75 Å². The van der Waals surface area contributed by atoms with Crippen molar-refractivity contribution >= 4 is 21.3 Å². The van der Waals surface area contributed by atoms with Gasteiger partial charge in [-0.2, -0.15) is 13.2 Å². The van der Waals surface area contributed by atoms with Crippen LogP contribution in [-0.4, -0.2) is 57.5 Å². The van der Waals surface area contributed by atoms with Gasteiger partial charge in [0.1, 0.15) is 5.75 Å². The Morgan fingerprint density at radius 1 is 1.11 bits per heavy atom. The number of ether oxygens (including phenoxy) is 2. The van der Waals surface area contributed by atoms with Gasteiger partial charge < -0.3 is 14.4 Å². The van der Waals surface area contributed by atoms with E-state index in [2.05, 4.69) is 18.2 Å². The Morgan fingerprint density at radius 3 is 2.47 bits per heavy atom. The molecule has 4 rings (SSSR count). The van der Waals surface area contributed by atoms with Crippen molar-refractivity contribution in [2.45, 2.75) is 43.4 Å². The van der Waals surface area contributed by atoms with Gasteiger partial charge in [0.2, 0.25) is 0 Å². The first-order chi connectivity index (χ1) is 17.9. The summed E-state index contributed by atoms with van der Waals surface area (Å²) < 4.78 is 74.4. The summed E-state index contributed by atoms with van der Waals surface area (Å²) in [5, 5.41) is 0. The molecule has 38 heavy (non-hydrogen) atoms. The van der Waals surface area contributed by atoms with Crippen molar-refractivity contribution in [1.29, 1.82) is 0 Å². The molecule has 1 aliphatic carbocycles.